The molecule has 0 amide bonds. The molecule has 0 aromatic heterocycles. The molecule has 0 aliphatic rings. The molecule has 5 heteroatoms. The molecule has 1 aromatic carbocycles. The molecule has 102 valence electrons. The van der Waals surface area contributed by atoms with Crippen LogP contribution in [0.3, 0.4) is 0 Å². The van der Waals surface area contributed by atoms with Crippen LogP contribution in [0.2, 0.25) is 0 Å². The Morgan fingerprint density at radius 3 is 2.39 bits per heavy atom. The molecule has 1 atom stereocenters. The van der Waals surface area contributed by atoms with Gasteiger partial charge >= 0.3 is 6.18 Å². The van der Waals surface area contributed by atoms with Gasteiger partial charge in [0.05, 0.1) is 6.10 Å². The minimum atomic E-state index is -4.26. The number of benzene rings is 1. The zero-order chi connectivity index (χ0) is 13.4. The van der Waals surface area contributed by atoms with Crippen LogP contribution in [0, 0.1) is 0 Å². The average Bonchev–Trinajstić information content (AvgIpc) is 2.33. The lowest BCUT2D eigenvalue weighted by atomic mass is 10.0. The van der Waals surface area contributed by atoms with Crippen molar-refractivity contribution in [1.29, 1.82) is 0 Å². The molecule has 0 heterocycles. The second-order valence-corrected chi connectivity index (χ2v) is 4.09. The summed E-state index contributed by atoms with van der Waals surface area (Å²) in [5, 5.41) is 9.79. The summed E-state index contributed by atoms with van der Waals surface area (Å²) in [4.78, 5) is 0. The normalized spacial score (nSPS) is 13.6. The van der Waals surface area contributed by atoms with Crippen LogP contribution < -0.4 is 0 Å². The van der Waals surface area contributed by atoms with Crippen molar-refractivity contribution >= 4 is 0 Å². The Balaban J connectivity index is 2.08. The molecule has 0 saturated carbocycles. The summed E-state index contributed by atoms with van der Waals surface area (Å²) in [5.74, 6) is 0. The van der Waals surface area contributed by atoms with Crippen LogP contribution in [-0.2, 0) is 4.74 Å². The molecule has 2 nitrogen and oxygen atoms in total. The van der Waals surface area contributed by atoms with E-state index in [0.717, 1.165) is 5.56 Å². The molecule has 0 aliphatic heterocycles. The van der Waals surface area contributed by atoms with Gasteiger partial charge in [-0.25, -0.2) is 0 Å². The molecular weight excluding hydrogens is 245 g/mol. The summed E-state index contributed by atoms with van der Waals surface area (Å²) < 4.78 is 39.7. The number of halogens is 3. The van der Waals surface area contributed by atoms with E-state index in [0.29, 0.717) is 19.3 Å². The molecule has 0 radical (unpaired) electrons. The van der Waals surface area contributed by atoms with Gasteiger partial charge in [-0.2, -0.15) is 13.2 Å². The van der Waals surface area contributed by atoms with E-state index in [4.69, 9.17) is 0 Å². The van der Waals surface area contributed by atoms with E-state index in [1.165, 1.54) is 0 Å². The van der Waals surface area contributed by atoms with Crippen molar-refractivity contribution in [2.24, 2.45) is 0 Å². The van der Waals surface area contributed by atoms with Crippen LogP contribution in [0.15, 0.2) is 30.3 Å². The third-order valence-corrected chi connectivity index (χ3v) is 2.47. The Kier molecular flexibility index (Phi) is 6.15. The number of rotatable bonds is 7. The number of ether oxygens (including phenoxy) is 1. The molecule has 0 saturated heterocycles. The summed E-state index contributed by atoms with van der Waals surface area (Å²) >= 11 is 0. The lowest BCUT2D eigenvalue weighted by Crippen LogP contribution is -2.17. The van der Waals surface area contributed by atoms with Crippen LogP contribution in [0.5, 0.6) is 0 Å². The van der Waals surface area contributed by atoms with Crippen LogP contribution in [0.4, 0.5) is 13.2 Å². The Morgan fingerprint density at radius 1 is 1.11 bits per heavy atom. The Bertz CT molecular complexity index is 325. The van der Waals surface area contributed by atoms with Gasteiger partial charge in [-0.05, 0) is 24.8 Å². The molecule has 18 heavy (non-hydrogen) atoms. The lowest BCUT2D eigenvalue weighted by Gasteiger charge is -2.11. The minimum Gasteiger partial charge on any atom is -0.388 e. The van der Waals surface area contributed by atoms with Crippen LogP contribution in [0.25, 0.3) is 0 Å². The second-order valence-electron chi connectivity index (χ2n) is 4.09. The molecule has 1 aromatic rings. The van der Waals surface area contributed by atoms with Crippen LogP contribution in [0.1, 0.15) is 30.9 Å². The summed E-state index contributed by atoms with van der Waals surface area (Å²) in [6.07, 6.45) is -3.15. The minimum absolute atomic E-state index is 0.0705. The molecule has 0 aliphatic carbocycles. The standard InChI is InChI=1S/C13H17F3O2/c14-13(15,16)10-18-9-5-4-8-12(17)11-6-2-1-3-7-11/h1-3,6-7,12,17H,4-5,8-10H2. The van der Waals surface area contributed by atoms with Crippen molar-refractivity contribution in [2.45, 2.75) is 31.5 Å². The van der Waals surface area contributed by atoms with E-state index >= 15 is 0 Å². The summed E-state index contributed by atoms with van der Waals surface area (Å²) in [5.41, 5.74) is 0.828. The fourth-order valence-corrected chi connectivity index (χ4v) is 1.57. The van der Waals surface area contributed by atoms with Gasteiger partial charge in [0, 0.05) is 6.61 Å². The number of hydrogen-bond donors (Lipinski definition) is 1. The maximum Gasteiger partial charge on any atom is 0.411 e. The van der Waals surface area contributed by atoms with Crippen molar-refractivity contribution in [3.63, 3.8) is 0 Å². The molecular formula is C13H17F3O2. The average molecular weight is 262 g/mol. The van der Waals surface area contributed by atoms with Crippen molar-refractivity contribution in [3.8, 4) is 0 Å². The molecule has 0 spiro atoms. The predicted molar refractivity (Wildman–Crippen MR) is 62.1 cm³/mol. The van der Waals surface area contributed by atoms with Gasteiger partial charge < -0.3 is 9.84 Å². The Hall–Kier alpha value is -1.07. The predicted octanol–water partition coefficient (Wildman–Crippen LogP) is 3.47. The fraction of sp³-hybridized carbons (Fsp3) is 0.538. The van der Waals surface area contributed by atoms with E-state index in [-0.39, 0.29) is 6.61 Å². The first-order valence-electron chi connectivity index (χ1n) is 5.86. The highest BCUT2D eigenvalue weighted by Crippen LogP contribution is 2.19. The van der Waals surface area contributed by atoms with Gasteiger partial charge in [0.25, 0.3) is 0 Å². The molecule has 0 bridgehead atoms. The van der Waals surface area contributed by atoms with Gasteiger partial charge in [-0.15, -0.1) is 0 Å². The summed E-state index contributed by atoms with van der Waals surface area (Å²) in [7, 11) is 0. The van der Waals surface area contributed by atoms with Gasteiger partial charge in [0.2, 0.25) is 0 Å². The van der Waals surface area contributed by atoms with Crippen LogP contribution in [-0.4, -0.2) is 24.5 Å². The van der Waals surface area contributed by atoms with Gasteiger partial charge in [0.1, 0.15) is 6.61 Å². The molecule has 1 rings (SSSR count). The summed E-state index contributed by atoms with van der Waals surface area (Å²) in [6.45, 7) is -1.13. The molecule has 0 fully saturated rings. The first kappa shape index (κ1) is 15.0. The van der Waals surface area contributed by atoms with Gasteiger partial charge in [-0.3, -0.25) is 0 Å². The van der Waals surface area contributed by atoms with E-state index in [9.17, 15) is 18.3 Å². The number of alkyl halides is 3. The van der Waals surface area contributed by atoms with Crippen molar-refractivity contribution in [1.82, 2.24) is 0 Å². The van der Waals surface area contributed by atoms with E-state index in [1.54, 1.807) is 0 Å². The fourth-order valence-electron chi connectivity index (χ4n) is 1.57. The lowest BCUT2D eigenvalue weighted by molar-refractivity contribution is -0.174. The highest BCUT2D eigenvalue weighted by molar-refractivity contribution is 5.16. The Labute approximate surface area is 104 Å². The number of aliphatic hydroxyl groups is 1. The second kappa shape index (κ2) is 7.38. The number of unbranched alkanes of at least 4 members (excludes halogenated alkanes) is 1. The molecule has 1 unspecified atom stereocenters. The maximum absolute atomic E-state index is 11.7. The van der Waals surface area contributed by atoms with Crippen molar-refractivity contribution in [2.75, 3.05) is 13.2 Å². The summed E-state index contributed by atoms with van der Waals surface area (Å²) in [6, 6.07) is 9.19. The zero-order valence-electron chi connectivity index (χ0n) is 9.99. The quantitative estimate of drug-likeness (QED) is 0.762. The number of aliphatic hydroxyl groups excluding tert-OH is 1. The molecule has 1 N–H and O–H groups in total. The third-order valence-electron chi connectivity index (χ3n) is 2.47. The largest absolute Gasteiger partial charge is 0.411 e. The highest BCUT2D eigenvalue weighted by atomic mass is 19.4. The monoisotopic (exact) mass is 262 g/mol. The SMILES string of the molecule is OC(CCCCOCC(F)(F)F)c1ccccc1. The number of hydrogen-bond acceptors (Lipinski definition) is 2. The van der Waals surface area contributed by atoms with E-state index in [2.05, 4.69) is 4.74 Å². The van der Waals surface area contributed by atoms with Gasteiger partial charge in [-0.1, -0.05) is 30.3 Å². The topological polar surface area (TPSA) is 29.5 Å². The van der Waals surface area contributed by atoms with E-state index < -0.39 is 18.9 Å². The van der Waals surface area contributed by atoms with Crippen molar-refractivity contribution < 1.29 is 23.0 Å². The highest BCUT2D eigenvalue weighted by Gasteiger charge is 2.27. The Morgan fingerprint density at radius 2 is 1.78 bits per heavy atom. The third kappa shape index (κ3) is 6.61. The maximum atomic E-state index is 11.7. The van der Waals surface area contributed by atoms with Crippen molar-refractivity contribution in [3.05, 3.63) is 35.9 Å². The first-order chi connectivity index (χ1) is 8.49. The van der Waals surface area contributed by atoms with Gasteiger partial charge in [0.15, 0.2) is 0 Å². The smallest absolute Gasteiger partial charge is 0.388 e. The first-order valence-corrected chi connectivity index (χ1v) is 5.86. The van der Waals surface area contributed by atoms with E-state index in [1.807, 2.05) is 30.3 Å². The zero-order valence-corrected chi connectivity index (χ0v) is 9.99. The van der Waals surface area contributed by atoms with Crippen LogP contribution >= 0.6 is 0 Å².